The molecule has 0 aliphatic rings. The quantitative estimate of drug-likeness (QED) is 0.190. The van der Waals surface area contributed by atoms with Crippen LogP contribution in [0.25, 0.3) is 0 Å². The van der Waals surface area contributed by atoms with Crippen LogP contribution >= 0.6 is 22.6 Å². The zero-order chi connectivity index (χ0) is 17.9. The minimum absolute atomic E-state index is 0.00293. The van der Waals surface area contributed by atoms with Crippen molar-refractivity contribution < 1.29 is 19.1 Å². The summed E-state index contributed by atoms with van der Waals surface area (Å²) in [5.41, 5.74) is 3.16. The van der Waals surface area contributed by atoms with E-state index in [9.17, 15) is 14.4 Å². The van der Waals surface area contributed by atoms with Crippen molar-refractivity contribution in [3.8, 4) is 0 Å². The molecule has 8 nitrogen and oxygen atoms in total. The van der Waals surface area contributed by atoms with Crippen molar-refractivity contribution in [2.75, 3.05) is 25.6 Å². The summed E-state index contributed by atoms with van der Waals surface area (Å²) >= 11 is 2.15. The van der Waals surface area contributed by atoms with Crippen LogP contribution < -0.4 is 16.1 Å². The molecular weight excluding hydrogens is 427 g/mol. The molecule has 1 aromatic rings. The van der Waals surface area contributed by atoms with E-state index >= 15 is 0 Å². The number of carbonyl (C=O) groups excluding carboxylic acids is 3. The van der Waals surface area contributed by atoms with Gasteiger partial charge in [0.1, 0.15) is 0 Å². The van der Waals surface area contributed by atoms with E-state index in [0.717, 1.165) is 3.57 Å². The molecule has 0 atom stereocenters. The number of nitrogens with zero attached hydrogens (tertiary/aromatic N) is 1. The number of anilines is 1. The van der Waals surface area contributed by atoms with E-state index in [1.54, 1.807) is 13.0 Å². The highest BCUT2D eigenvalue weighted by molar-refractivity contribution is 14.1. The van der Waals surface area contributed by atoms with Crippen LogP contribution in [-0.2, 0) is 19.1 Å². The van der Waals surface area contributed by atoms with Crippen molar-refractivity contribution in [2.45, 2.75) is 13.3 Å². The lowest BCUT2D eigenvalue weighted by Gasteiger charge is -2.06. The van der Waals surface area contributed by atoms with Gasteiger partial charge in [0, 0.05) is 28.6 Å². The Kier molecular flexibility index (Phi) is 8.94. The molecule has 9 heteroatoms. The van der Waals surface area contributed by atoms with E-state index in [1.165, 1.54) is 7.11 Å². The van der Waals surface area contributed by atoms with Gasteiger partial charge in [-0.1, -0.05) is 6.07 Å². The lowest BCUT2D eigenvalue weighted by molar-refractivity contribution is -0.139. The van der Waals surface area contributed by atoms with Crippen molar-refractivity contribution in [3.63, 3.8) is 0 Å². The molecule has 0 aromatic heterocycles. The number of halogens is 1. The van der Waals surface area contributed by atoms with Crippen molar-refractivity contribution in [1.82, 2.24) is 10.7 Å². The van der Waals surface area contributed by atoms with Crippen molar-refractivity contribution in [3.05, 3.63) is 27.8 Å². The zero-order valence-electron chi connectivity index (χ0n) is 13.4. The minimum Gasteiger partial charge on any atom is -0.383 e. The van der Waals surface area contributed by atoms with Gasteiger partial charge >= 0.3 is 11.8 Å². The molecular formula is C15H19IN4O4. The van der Waals surface area contributed by atoms with Gasteiger partial charge in [0.15, 0.2) is 0 Å². The molecule has 0 heterocycles. The fourth-order valence-electron chi connectivity index (χ4n) is 1.59. The summed E-state index contributed by atoms with van der Waals surface area (Å²) in [4.78, 5) is 34.8. The molecule has 0 unspecified atom stereocenters. The van der Waals surface area contributed by atoms with Gasteiger partial charge in [-0.25, -0.2) is 5.43 Å². The Hall–Kier alpha value is -2.01. The SMILES string of the molecule is COCCNC(=O)C(=O)N/N=C(\C)CC(=O)Nc1cccc(I)c1. The van der Waals surface area contributed by atoms with Crippen molar-refractivity contribution in [2.24, 2.45) is 5.10 Å². The second-order valence-corrected chi connectivity index (χ2v) is 6.02. The third-order valence-electron chi connectivity index (χ3n) is 2.67. The first kappa shape index (κ1) is 20.0. The predicted octanol–water partition coefficient (Wildman–Crippen LogP) is 0.875. The molecule has 3 N–H and O–H groups in total. The monoisotopic (exact) mass is 446 g/mol. The Morgan fingerprint density at radius 2 is 2.00 bits per heavy atom. The maximum atomic E-state index is 11.9. The Morgan fingerprint density at radius 3 is 2.67 bits per heavy atom. The summed E-state index contributed by atoms with van der Waals surface area (Å²) in [5.74, 6) is -1.98. The van der Waals surface area contributed by atoms with Gasteiger partial charge in [0.2, 0.25) is 5.91 Å². The van der Waals surface area contributed by atoms with Crippen LogP contribution in [0.1, 0.15) is 13.3 Å². The van der Waals surface area contributed by atoms with Crippen LogP contribution in [0.15, 0.2) is 29.4 Å². The Morgan fingerprint density at radius 1 is 1.25 bits per heavy atom. The van der Waals surface area contributed by atoms with Crippen LogP contribution in [0.4, 0.5) is 5.69 Å². The summed E-state index contributed by atoms with van der Waals surface area (Å²) in [6.07, 6.45) is -0.00293. The Balaban J connectivity index is 2.41. The minimum atomic E-state index is -0.900. The maximum Gasteiger partial charge on any atom is 0.329 e. The number of amides is 3. The molecule has 24 heavy (non-hydrogen) atoms. The van der Waals surface area contributed by atoms with Gasteiger partial charge in [-0.05, 0) is 47.7 Å². The predicted molar refractivity (Wildman–Crippen MR) is 98.5 cm³/mol. The van der Waals surface area contributed by atoms with Crippen molar-refractivity contribution >= 4 is 51.7 Å². The number of nitrogens with one attached hydrogen (secondary N) is 3. The lowest BCUT2D eigenvalue weighted by atomic mass is 10.2. The fraction of sp³-hybridized carbons (Fsp3) is 0.333. The first-order chi connectivity index (χ1) is 11.4. The van der Waals surface area contributed by atoms with Gasteiger partial charge in [-0.2, -0.15) is 5.10 Å². The van der Waals surface area contributed by atoms with Crippen LogP contribution in [0.2, 0.25) is 0 Å². The molecule has 0 spiro atoms. The number of benzene rings is 1. The van der Waals surface area contributed by atoms with Gasteiger partial charge in [-0.3, -0.25) is 14.4 Å². The molecule has 0 radical (unpaired) electrons. The number of rotatable bonds is 7. The highest BCUT2D eigenvalue weighted by atomic mass is 127. The standard InChI is InChI=1S/C15H19IN4O4/c1-10(19-20-15(23)14(22)17-6-7-24-2)8-13(21)18-12-5-3-4-11(16)9-12/h3-5,9H,6-8H2,1-2H3,(H,17,22)(H,18,21)(H,20,23)/b19-10+. The number of carbonyl (C=O) groups is 3. The van der Waals surface area contributed by atoms with E-state index in [4.69, 9.17) is 4.74 Å². The topological polar surface area (TPSA) is 109 Å². The lowest BCUT2D eigenvalue weighted by Crippen LogP contribution is -2.39. The second kappa shape index (κ2) is 10.7. The third kappa shape index (κ3) is 8.02. The summed E-state index contributed by atoms with van der Waals surface area (Å²) in [7, 11) is 1.49. The van der Waals surface area contributed by atoms with Gasteiger partial charge in [0.25, 0.3) is 0 Å². The average Bonchev–Trinajstić information content (AvgIpc) is 2.52. The summed E-state index contributed by atoms with van der Waals surface area (Å²) in [6.45, 7) is 2.11. The van der Waals surface area contributed by atoms with Gasteiger partial charge < -0.3 is 15.4 Å². The first-order valence-corrected chi connectivity index (χ1v) is 8.16. The number of methoxy groups -OCH3 is 1. The Labute approximate surface area is 153 Å². The molecule has 0 fully saturated rings. The molecule has 0 aliphatic carbocycles. The van der Waals surface area contributed by atoms with E-state index in [0.29, 0.717) is 18.0 Å². The van der Waals surface area contributed by atoms with Crippen LogP contribution in [-0.4, -0.2) is 43.7 Å². The molecule has 0 saturated carbocycles. The fourth-order valence-corrected chi connectivity index (χ4v) is 2.13. The molecule has 0 bridgehead atoms. The number of ether oxygens (including phenoxy) is 1. The first-order valence-electron chi connectivity index (χ1n) is 7.08. The zero-order valence-corrected chi connectivity index (χ0v) is 15.5. The maximum absolute atomic E-state index is 11.9. The average molecular weight is 446 g/mol. The summed E-state index contributed by atoms with van der Waals surface area (Å²) in [5, 5.41) is 8.82. The smallest absolute Gasteiger partial charge is 0.329 e. The highest BCUT2D eigenvalue weighted by Gasteiger charge is 2.12. The Bertz CT molecular complexity index is 634. The number of hydrogen-bond donors (Lipinski definition) is 3. The van der Waals surface area contributed by atoms with E-state index in [-0.39, 0.29) is 18.9 Å². The van der Waals surface area contributed by atoms with E-state index in [2.05, 4.69) is 43.8 Å². The molecule has 130 valence electrons. The van der Waals surface area contributed by atoms with E-state index in [1.807, 2.05) is 18.2 Å². The summed E-state index contributed by atoms with van der Waals surface area (Å²) < 4.78 is 5.75. The molecule has 3 amide bonds. The van der Waals surface area contributed by atoms with Gasteiger partial charge in [0.05, 0.1) is 13.0 Å². The van der Waals surface area contributed by atoms with E-state index < -0.39 is 11.8 Å². The molecule has 1 rings (SSSR count). The molecule has 0 aliphatic heterocycles. The van der Waals surface area contributed by atoms with Crippen LogP contribution in [0.5, 0.6) is 0 Å². The summed E-state index contributed by atoms with van der Waals surface area (Å²) in [6, 6.07) is 7.35. The van der Waals surface area contributed by atoms with Crippen LogP contribution in [0, 0.1) is 3.57 Å². The largest absolute Gasteiger partial charge is 0.383 e. The van der Waals surface area contributed by atoms with Gasteiger partial charge in [-0.15, -0.1) is 0 Å². The molecule has 0 saturated heterocycles. The third-order valence-corrected chi connectivity index (χ3v) is 3.34. The second-order valence-electron chi connectivity index (χ2n) is 4.77. The van der Waals surface area contributed by atoms with Crippen molar-refractivity contribution in [1.29, 1.82) is 0 Å². The normalized spacial score (nSPS) is 10.9. The van der Waals surface area contributed by atoms with Crippen LogP contribution in [0.3, 0.4) is 0 Å². The molecule has 1 aromatic carbocycles. The highest BCUT2D eigenvalue weighted by Crippen LogP contribution is 2.12. The number of hydrogen-bond acceptors (Lipinski definition) is 5. The number of hydrazone groups is 1.